The maximum absolute atomic E-state index is 4.26. The van der Waals surface area contributed by atoms with Crippen LogP contribution < -0.4 is 15.5 Å². The standard InChI is InChI=1S/C13H16N6/c1-2-6-15-11(3-1)16-12-4-5-13(18-17-12)19-9-7-14-8-10-19/h1-6,14H,7-10H2,(H,15,16,17). The summed E-state index contributed by atoms with van der Waals surface area (Å²) in [6, 6.07) is 9.62. The molecule has 3 rings (SSSR count). The van der Waals surface area contributed by atoms with Gasteiger partial charge in [0.1, 0.15) is 5.82 Å². The van der Waals surface area contributed by atoms with Gasteiger partial charge in [-0.05, 0) is 24.3 Å². The summed E-state index contributed by atoms with van der Waals surface area (Å²) in [7, 11) is 0. The summed E-state index contributed by atoms with van der Waals surface area (Å²) in [6.45, 7) is 3.94. The summed E-state index contributed by atoms with van der Waals surface area (Å²) >= 11 is 0. The minimum absolute atomic E-state index is 0.706. The van der Waals surface area contributed by atoms with E-state index in [0.29, 0.717) is 5.82 Å². The maximum Gasteiger partial charge on any atom is 0.154 e. The number of piperazine rings is 1. The summed E-state index contributed by atoms with van der Waals surface area (Å²) in [5.74, 6) is 2.40. The first kappa shape index (κ1) is 11.9. The SMILES string of the molecule is c1ccc(Nc2ccc(N3CCNCC3)nn2)nc1. The van der Waals surface area contributed by atoms with Gasteiger partial charge in [-0.1, -0.05) is 6.07 Å². The summed E-state index contributed by atoms with van der Waals surface area (Å²) in [6.07, 6.45) is 1.74. The lowest BCUT2D eigenvalue weighted by Crippen LogP contribution is -2.43. The van der Waals surface area contributed by atoms with Crippen molar-refractivity contribution >= 4 is 17.5 Å². The number of nitrogens with zero attached hydrogens (tertiary/aromatic N) is 4. The van der Waals surface area contributed by atoms with Gasteiger partial charge < -0.3 is 15.5 Å². The van der Waals surface area contributed by atoms with Crippen molar-refractivity contribution < 1.29 is 0 Å². The molecule has 0 radical (unpaired) electrons. The van der Waals surface area contributed by atoms with Crippen LogP contribution in [0, 0.1) is 0 Å². The quantitative estimate of drug-likeness (QED) is 0.855. The average molecular weight is 256 g/mol. The van der Waals surface area contributed by atoms with Crippen LogP contribution in [0.1, 0.15) is 0 Å². The van der Waals surface area contributed by atoms with E-state index in [1.165, 1.54) is 0 Å². The minimum Gasteiger partial charge on any atom is -0.353 e. The van der Waals surface area contributed by atoms with Gasteiger partial charge in [0.2, 0.25) is 0 Å². The van der Waals surface area contributed by atoms with Crippen molar-refractivity contribution in [3.63, 3.8) is 0 Å². The molecule has 1 fully saturated rings. The predicted octanol–water partition coefficient (Wildman–Crippen LogP) is 1.02. The normalized spacial score (nSPS) is 15.3. The van der Waals surface area contributed by atoms with E-state index in [0.717, 1.165) is 37.8 Å². The molecular weight excluding hydrogens is 240 g/mol. The molecular formula is C13H16N6. The number of nitrogens with one attached hydrogen (secondary N) is 2. The van der Waals surface area contributed by atoms with E-state index in [-0.39, 0.29) is 0 Å². The molecule has 3 heterocycles. The zero-order valence-electron chi connectivity index (χ0n) is 10.6. The summed E-state index contributed by atoms with van der Waals surface area (Å²) in [5, 5.41) is 14.9. The van der Waals surface area contributed by atoms with Gasteiger partial charge in [-0.25, -0.2) is 4.98 Å². The van der Waals surface area contributed by atoms with Gasteiger partial charge in [-0.2, -0.15) is 0 Å². The van der Waals surface area contributed by atoms with Crippen molar-refractivity contribution in [3.05, 3.63) is 36.5 Å². The zero-order valence-corrected chi connectivity index (χ0v) is 10.6. The fourth-order valence-electron chi connectivity index (χ4n) is 2.02. The average Bonchev–Trinajstić information content (AvgIpc) is 2.50. The Labute approximate surface area is 111 Å². The van der Waals surface area contributed by atoms with E-state index in [9.17, 15) is 0 Å². The molecule has 6 nitrogen and oxygen atoms in total. The highest BCUT2D eigenvalue weighted by atomic mass is 15.3. The van der Waals surface area contributed by atoms with Crippen LogP contribution in [0.3, 0.4) is 0 Å². The fourth-order valence-corrected chi connectivity index (χ4v) is 2.02. The van der Waals surface area contributed by atoms with Gasteiger partial charge in [-0.3, -0.25) is 0 Å². The number of pyridine rings is 1. The molecule has 1 aliphatic rings. The molecule has 2 aromatic rings. The van der Waals surface area contributed by atoms with E-state index in [4.69, 9.17) is 0 Å². The number of anilines is 3. The van der Waals surface area contributed by atoms with Crippen molar-refractivity contribution in [3.8, 4) is 0 Å². The largest absolute Gasteiger partial charge is 0.353 e. The highest BCUT2D eigenvalue weighted by molar-refractivity contribution is 5.52. The second kappa shape index (κ2) is 5.62. The van der Waals surface area contributed by atoms with Crippen LogP contribution >= 0.6 is 0 Å². The van der Waals surface area contributed by atoms with Crippen LogP contribution in [0.15, 0.2) is 36.5 Å². The van der Waals surface area contributed by atoms with Crippen LogP contribution in [0.25, 0.3) is 0 Å². The van der Waals surface area contributed by atoms with Crippen molar-refractivity contribution in [2.24, 2.45) is 0 Å². The molecule has 0 aliphatic carbocycles. The lowest BCUT2D eigenvalue weighted by atomic mass is 10.3. The molecule has 0 aromatic carbocycles. The topological polar surface area (TPSA) is 66.0 Å². The van der Waals surface area contributed by atoms with E-state index < -0.39 is 0 Å². The Bertz CT molecular complexity index is 506. The smallest absolute Gasteiger partial charge is 0.154 e. The first-order valence-corrected chi connectivity index (χ1v) is 6.39. The molecule has 2 aromatic heterocycles. The van der Waals surface area contributed by atoms with Gasteiger partial charge in [0, 0.05) is 32.4 Å². The molecule has 1 aliphatic heterocycles. The zero-order chi connectivity index (χ0) is 12.9. The third kappa shape index (κ3) is 2.97. The first-order chi connectivity index (χ1) is 9.42. The molecule has 19 heavy (non-hydrogen) atoms. The number of hydrogen-bond donors (Lipinski definition) is 2. The Kier molecular flexibility index (Phi) is 3.51. The molecule has 0 amide bonds. The second-order valence-corrected chi connectivity index (χ2v) is 4.35. The first-order valence-electron chi connectivity index (χ1n) is 6.39. The minimum atomic E-state index is 0.706. The van der Waals surface area contributed by atoms with Crippen LogP contribution in [0.2, 0.25) is 0 Å². The molecule has 6 heteroatoms. The summed E-state index contributed by atoms with van der Waals surface area (Å²) < 4.78 is 0. The van der Waals surface area contributed by atoms with Gasteiger partial charge in [0.05, 0.1) is 0 Å². The summed E-state index contributed by atoms with van der Waals surface area (Å²) in [5.41, 5.74) is 0. The Balaban J connectivity index is 1.68. The van der Waals surface area contributed by atoms with Crippen LogP contribution in [0.4, 0.5) is 17.5 Å². The number of rotatable bonds is 3. The van der Waals surface area contributed by atoms with Crippen LogP contribution in [-0.4, -0.2) is 41.4 Å². The monoisotopic (exact) mass is 256 g/mol. The third-order valence-corrected chi connectivity index (χ3v) is 3.01. The molecule has 0 unspecified atom stereocenters. The van der Waals surface area contributed by atoms with Crippen LogP contribution in [-0.2, 0) is 0 Å². The van der Waals surface area contributed by atoms with Crippen molar-refractivity contribution in [1.82, 2.24) is 20.5 Å². The van der Waals surface area contributed by atoms with E-state index >= 15 is 0 Å². The van der Waals surface area contributed by atoms with Crippen molar-refractivity contribution in [2.75, 3.05) is 36.4 Å². The molecule has 0 saturated carbocycles. The number of aromatic nitrogens is 3. The highest BCUT2D eigenvalue weighted by Gasteiger charge is 2.11. The molecule has 0 atom stereocenters. The molecule has 0 spiro atoms. The Hall–Kier alpha value is -2.21. The Morgan fingerprint density at radius 3 is 2.58 bits per heavy atom. The predicted molar refractivity (Wildman–Crippen MR) is 74.6 cm³/mol. The Morgan fingerprint density at radius 2 is 1.89 bits per heavy atom. The Morgan fingerprint density at radius 1 is 1.00 bits per heavy atom. The van der Waals surface area contributed by atoms with E-state index in [1.807, 2.05) is 30.3 Å². The van der Waals surface area contributed by atoms with E-state index in [2.05, 4.69) is 30.7 Å². The van der Waals surface area contributed by atoms with Gasteiger partial charge in [0.15, 0.2) is 11.6 Å². The van der Waals surface area contributed by atoms with Crippen LogP contribution in [0.5, 0.6) is 0 Å². The lowest BCUT2D eigenvalue weighted by molar-refractivity contribution is 0.583. The second-order valence-electron chi connectivity index (χ2n) is 4.35. The number of hydrogen-bond acceptors (Lipinski definition) is 6. The van der Waals surface area contributed by atoms with Crippen molar-refractivity contribution in [1.29, 1.82) is 0 Å². The fraction of sp³-hybridized carbons (Fsp3) is 0.308. The van der Waals surface area contributed by atoms with Gasteiger partial charge >= 0.3 is 0 Å². The molecule has 0 bridgehead atoms. The lowest BCUT2D eigenvalue weighted by Gasteiger charge is -2.27. The van der Waals surface area contributed by atoms with E-state index in [1.54, 1.807) is 6.20 Å². The highest BCUT2D eigenvalue weighted by Crippen LogP contribution is 2.14. The molecule has 2 N–H and O–H groups in total. The maximum atomic E-state index is 4.26. The molecule has 1 saturated heterocycles. The summed E-state index contributed by atoms with van der Waals surface area (Å²) in [4.78, 5) is 6.42. The molecule has 98 valence electrons. The third-order valence-electron chi connectivity index (χ3n) is 3.01. The van der Waals surface area contributed by atoms with Gasteiger partial charge in [0.25, 0.3) is 0 Å². The van der Waals surface area contributed by atoms with Crippen molar-refractivity contribution in [2.45, 2.75) is 0 Å². The van der Waals surface area contributed by atoms with Gasteiger partial charge in [-0.15, -0.1) is 10.2 Å².